The molecule has 9 heteroatoms. The zero-order valence-electron chi connectivity index (χ0n) is 11.8. The van der Waals surface area contributed by atoms with Crippen molar-refractivity contribution in [1.29, 1.82) is 0 Å². The Morgan fingerprint density at radius 3 is 2.42 bits per heavy atom. The van der Waals surface area contributed by atoms with Gasteiger partial charge in [0, 0.05) is 17.3 Å². The van der Waals surface area contributed by atoms with Gasteiger partial charge in [0.05, 0.1) is 15.1 Å². The summed E-state index contributed by atoms with van der Waals surface area (Å²) in [6.45, 7) is 0. The molecule has 0 radical (unpaired) electrons. The Kier molecular flexibility index (Phi) is 4.48. The number of halogens is 3. The lowest BCUT2D eigenvalue weighted by molar-refractivity contribution is 0.601. The van der Waals surface area contributed by atoms with Crippen molar-refractivity contribution in [2.45, 2.75) is 4.90 Å². The van der Waals surface area contributed by atoms with Crippen LogP contribution in [0, 0.1) is 0 Å². The molecule has 0 unspecified atom stereocenters. The second-order valence-electron chi connectivity index (χ2n) is 4.89. The van der Waals surface area contributed by atoms with Crippen LogP contribution in [0.1, 0.15) is 0 Å². The van der Waals surface area contributed by atoms with Crippen molar-refractivity contribution in [3.05, 3.63) is 68.0 Å². The minimum absolute atomic E-state index is 0.0597. The van der Waals surface area contributed by atoms with Crippen LogP contribution in [0.4, 0.5) is 5.69 Å². The van der Waals surface area contributed by atoms with Gasteiger partial charge in [-0.3, -0.25) is 9.52 Å². The van der Waals surface area contributed by atoms with Crippen molar-refractivity contribution in [2.75, 3.05) is 4.72 Å². The fraction of sp³-hybridized carbons (Fsp3) is 0. The number of benzene rings is 2. The van der Waals surface area contributed by atoms with Crippen LogP contribution in [0.2, 0.25) is 15.1 Å². The Hall–Kier alpha value is -1.73. The number of hydrogen-bond acceptors (Lipinski definition) is 3. The van der Waals surface area contributed by atoms with Gasteiger partial charge in [0.2, 0.25) is 0 Å². The van der Waals surface area contributed by atoms with Gasteiger partial charge in [-0.05, 0) is 35.7 Å². The second-order valence-corrected chi connectivity index (χ2v) is 7.70. The van der Waals surface area contributed by atoms with Crippen molar-refractivity contribution in [3.8, 4) is 0 Å². The summed E-state index contributed by atoms with van der Waals surface area (Å²) < 4.78 is 27.5. The van der Waals surface area contributed by atoms with E-state index in [1.165, 1.54) is 30.5 Å². The molecule has 1 aromatic heterocycles. The van der Waals surface area contributed by atoms with Crippen LogP contribution in [-0.4, -0.2) is 13.4 Å². The first-order valence-corrected chi connectivity index (χ1v) is 9.19. The van der Waals surface area contributed by atoms with Crippen LogP contribution in [0.25, 0.3) is 10.8 Å². The third kappa shape index (κ3) is 3.10. The number of nitrogens with one attached hydrogen (secondary N) is 2. The molecule has 0 aliphatic heterocycles. The van der Waals surface area contributed by atoms with E-state index < -0.39 is 10.0 Å². The van der Waals surface area contributed by atoms with Gasteiger partial charge in [-0.25, -0.2) is 8.42 Å². The van der Waals surface area contributed by atoms with Crippen LogP contribution in [0.5, 0.6) is 0 Å². The monoisotopic (exact) mass is 402 g/mol. The van der Waals surface area contributed by atoms with Crippen molar-refractivity contribution in [1.82, 2.24) is 4.98 Å². The first-order chi connectivity index (χ1) is 11.3. The van der Waals surface area contributed by atoms with Crippen molar-refractivity contribution in [3.63, 3.8) is 0 Å². The molecule has 2 N–H and O–H groups in total. The average molecular weight is 404 g/mol. The van der Waals surface area contributed by atoms with Crippen molar-refractivity contribution in [2.24, 2.45) is 0 Å². The third-order valence-corrected chi connectivity index (χ3v) is 6.11. The molecule has 0 saturated heterocycles. The summed E-state index contributed by atoms with van der Waals surface area (Å²) in [6, 6.07) is 9.04. The number of hydrogen-bond donors (Lipinski definition) is 2. The van der Waals surface area contributed by atoms with Crippen molar-refractivity contribution < 1.29 is 8.42 Å². The standard InChI is InChI=1S/C15H9Cl3N2O3S/c16-11-3-4-12(17)14(13(11)18)24(22,23)20-9-2-1-8-5-6-19-15(21)10(8)7-9/h1-7,20H,(H,19,21). The maximum Gasteiger partial charge on any atom is 0.264 e. The molecule has 3 aromatic rings. The van der Waals surface area contributed by atoms with Gasteiger partial charge in [-0.2, -0.15) is 0 Å². The fourth-order valence-corrected chi connectivity index (χ4v) is 4.61. The summed E-state index contributed by atoms with van der Waals surface area (Å²) in [6.07, 6.45) is 1.51. The Balaban J connectivity index is 2.09. The molecule has 0 spiro atoms. The van der Waals surface area contributed by atoms with E-state index in [2.05, 4.69) is 9.71 Å². The van der Waals surface area contributed by atoms with E-state index >= 15 is 0 Å². The molecule has 1 heterocycles. The van der Waals surface area contributed by atoms with Gasteiger partial charge < -0.3 is 4.98 Å². The normalized spacial score (nSPS) is 11.6. The van der Waals surface area contributed by atoms with E-state index in [1.54, 1.807) is 12.1 Å². The highest BCUT2D eigenvalue weighted by atomic mass is 35.5. The predicted octanol–water partition coefficient (Wildman–Crippen LogP) is 4.29. The Morgan fingerprint density at radius 1 is 0.958 bits per heavy atom. The molecular weight excluding hydrogens is 395 g/mol. The molecule has 24 heavy (non-hydrogen) atoms. The smallest absolute Gasteiger partial charge is 0.264 e. The van der Waals surface area contributed by atoms with Crippen LogP contribution in [0.3, 0.4) is 0 Å². The number of fused-ring (bicyclic) bond motifs is 1. The fourth-order valence-electron chi connectivity index (χ4n) is 2.21. The first-order valence-electron chi connectivity index (χ1n) is 6.57. The van der Waals surface area contributed by atoms with Gasteiger partial charge in [-0.1, -0.05) is 40.9 Å². The number of sulfonamides is 1. The minimum atomic E-state index is -4.09. The van der Waals surface area contributed by atoms with E-state index in [1.807, 2.05) is 0 Å². The Morgan fingerprint density at radius 2 is 1.67 bits per heavy atom. The molecule has 0 aliphatic carbocycles. The molecule has 0 amide bonds. The molecule has 124 valence electrons. The molecule has 3 rings (SSSR count). The highest BCUT2D eigenvalue weighted by Crippen LogP contribution is 2.35. The lowest BCUT2D eigenvalue weighted by atomic mass is 10.1. The predicted molar refractivity (Wildman–Crippen MR) is 96.8 cm³/mol. The first kappa shape index (κ1) is 17.1. The lowest BCUT2D eigenvalue weighted by Gasteiger charge is -2.12. The maximum absolute atomic E-state index is 12.6. The van der Waals surface area contributed by atoms with Crippen LogP contribution >= 0.6 is 34.8 Å². The largest absolute Gasteiger partial charge is 0.329 e. The van der Waals surface area contributed by atoms with Crippen LogP contribution in [-0.2, 0) is 10.0 Å². The minimum Gasteiger partial charge on any atom is -0.329 e. The zero-order chi connectivity index (χ0) is 17.5. The SMILES string of the molecule is O=c1[nH]ccc2ccc(NS(=O)(=O)c3c(Cl)ccc(Cl)c3Cl)cc12. The van der Waals surface area contributed by atoms with Gasteiger partial charge in [0.25, 0.3) is 15.6 Å². The summed E-state index contributed by atoms with van der Waals surface area (Å²) in [5.74, 6) is 0. The van der Waals surface area contributed by atoms with E-state index in [0.717, 1.165) is 0 Å². The average Bonchev–Trinajstić information content (AvgIpc) is 2.51. The number of aromatic amines is 1. The quantitative estimate of drug-likeness (QED) is 0.640. The maximum atomic E-state index is 12.6. The summed E-state index contributed by atoms with van der Waals surface area (Å²) in [7, 11) is -4.09. The molecular formula is C15H9Cl3N2O3S. The molecule has 2 aromatic carbocycles. The Bertz CT molecular complexity index is 1110. The van der Waals surface area contributed by atoms with Crippen LogP contribution < -0.4 is 10.3 Å². The molecule has 0 aliphatic rings. The van der Waals surface area contributed by atoms with Crippen molar-refractivity contribution >= 4 is 61.3 Å². The second kappa shape index (κ2) is 6.29. The topological polar surface area (TPSA) is 79.0 Å². The summed E-state index contributed by atoms with van der Waals surface area (Å²) in [5.41, 5.74) is -0.126. The number of rotatable bonds is 3. The number of aromatic nitrogens is 1. The highest BCUT2D eigenvalue weighted by molar-refractivity contribution is 7.93. The number of pyridine rings is 1. The number of anilines is 1. The third-order valence-electron chi connectivity index (χ3n) is 3.30. The summed E-state index contributed by atoms with van der Waals surface area (Å²) in [5, 5.41) is 0.865. The highest BCUT2D eigenvalue weighted by Gasteiger charge is 2.23. The van der Waals surface area contributed by atoms with Gasteiger partial charge in [-0.15, -0.1) is 0 Å². The van der Waals surface area contributed by atoms with E-state index in [0.29, 0.717) is 10.8 Å². The molecule has 5 nitrogen and oxygen atoms in total. The lowest BCUT2D eigenvalue weighted by Crippen LogP contribution is -2.14. The molecule has 0 atom stereocenters. The van der Waals surface area contributed by atoms with Gasteiger partial charge >= 0.3 is 0 Å². The van der Waals surface area contributed by atoms with E-state index in [4.69, 9.17) is 34.8 Å². The zero-order valence-corrected chi connectivity index (χ0v) is 14.9. The summed E-state index contributed by atoms with van der Waals surface area (Å²) in [4.78, 5) is 14.0. The van der Waals surface area contributed by atoms with E-state index in [9.17, 15) is 13.2 Å². The summed E-state index contributed by atoms with van der Waals surface area (Å²) >= 11 is 17.8. The number of H-pyrrole nitrogens is 1. The van der Waals surface area contributed by atoms with Crippen LogP contribution in [0.15, 0.2) is 52.3 Å². The Labute approximate surface area is 152 Å². The van der Waals surface area contributed by atoms with Gasteiger partial charge in [0.15, 0.2) is 0 Å². The molecule has 0 fully saturated rings. The molecule has 0 bridgehead atoms. The van der Waals surface area contributed by atoms with Gasteiger partial charge in [0.1, 0.15) is 4.90 Å². The van der Waals surface area contributed by atoms with E-state index in [-0.39, 0.29) is 31.2 Å². The molecule has 0 saturated carbocycles.